The Hall–Kier alpha value is -1.16. The third-order valence-electron chi connectivity index (χ3n) is 1.43. The Labute approximate surface area is 71.8 Å². The lowest BCUT2D eigenvalue weighted by Gasteiger charge is -2.07. The minimum Gasteiger partial charge on any atom is -0.322 e. The van der Waals surface area contributed by atoms with E-state index in [0.717, 1.165) is 0 Å². The van der Waals surface area contributed by atoms with Crippen molar-refractivity contribution in [3.63, 3.8) is 0 Å². The van der Waals surface area contributed by atoms with E-state index >= 15 is 0 Å². The van der Waals surface area contributed by atoms with Gasteiger partial charge in [0.1, 0.15) is 0 Å². The Kier molecular flexibility index (Phi) is 4.21. The molecule has 12 heavy (non-hydrogen) atoms. The summed E-state index contributed by atoms with van der Waals surface area (Å²) in [7, 11) is 0. The summed E-state index contributed by atoms with van der Waals surface area (Å²) in [6.45, 7) is 7.01. The van der Waals surface area contributed by atoms with Gasteiger partial charge in [-0.15, -0.1) is 0 Å². The average molecular weight is 170 g/mol. The molecule has 0 aromatic carbocycles. The Morgan fingerprint density at radius 3 is 2.33 bits per heavy atom. The van der Waals surface area contributed by atoms with E-state index in [9.17, 15) is 9.59 Å². The summed E-state index contributed by atoms with van der Waals surface area (Å²) in [4.78, 5) is 21.7. The maximum absolute atomic E-state index is 11.1. The maximum atomic E-state index is 11.1. The first kappa shape index (κ1) is 10.8. The number of imide groups is 1. The van der Waals surface area contributed by atoms with Gasteiger partial charge in [0, 0.05) is 5.57 Å². The molecule has 0 radical (unpaired) electrons. The van der Waals surface area contributed by atoms with E-state index in [-0.39, 0.29) is 12.5 Å². The van der Waals surface area contributed by atoms with Crippen molar-refractivity contribution in [2.75, 3.05) is 6.54 Å². The molecule has 68 valence electrons. The molecule has 0 rings (SSSR count). The first-order chi connectivity index (χ1) is 5.49. The van der Waals surface area contributed by atoms with E-state index < -0.39 is 11.8 Å². The number of nitrogens with two attached hydrogens (primary N) is 1. The molecule has 0 atom stereocenters. The molecule has 0 saturated heterocycles. The standard InChI is InChI=1S/C8H14N2O2/c1-5(2)6(3)8(12)10-7(11)4-9/h5H,3-4,9H2,1-2H3,(H,10,11,12). The molecule has 0 aliphatic heterocycles. The van der Waals surface area contributed by atoms with Crippen molar-refractivity contribution in [1.82, 2.24) is 5.32 Å². The van der Waals surface area contributed by atoms with Gasteiger partial charge >= 0.3 is 0 Å². The molecular weight excluding hydrogens is 156 g/mol. The van der Waals surface area contributed by atoms with Crippen molar-refractivity contribution in [1.29, 1.82) is 0 Å². The topological polar surface area (TPSA) is 72.2 Å². The molecule has 0 aliphatic carbocycles. The van der Waals surface area contributed by atoms with E-state index in [0.29, 0.717) is 5.57 Å². The third-order valence-corrected chi connectivity index (χ3v) is 1.43. The minimum absolute atomic E-state index is 0.0376. The first-order valence-electron chi connectivity index (χ1n) is 3.72. The van der Waals surface area contributed by atoms with Crippen molar-refractivity contribution in [3.8, 4) is 0 Å². The third kappa shape index (κ3) is 3.30. The molecule has 2 amide bonds. The molecule has 0 saturated carbocycles. The predicted octanol–water partition coefficient (Wildman–Crippen LogP) is -0.200. The van der Waals surface area contributed by atoms with Crippen LogP contribution < -0.4 is 11.1 Å². The van der Waals surface area contributed by atoms with Crippen LogP contribution in [0.2, 0.25) is 0 Å². The van der Waals surface area contributed by atoms with Gasteiger partial charge in [0.25, 0.3) is 5.91 Å². The summed E-state index contributed by atoms with van der Waals surface area (Å²) in [5, 5.41) is 2.11. The normalized spacial score (nSPS) is 9.67. The highest BCUT2D eigenvalue weighted by atomic mass is 16.2. The molecule has 0 aromatic heterocycles. The molecule has 0 unspecified atom stereocenters. The van der Waals surface area contributed by atoms with Crippen LogP contribution >= 0.6 is 0 Å². The predicted molar refractivity (Wildman–Crippen MR) is 46.2 cm³/mol. The van der Waals surface area contributed by atoms with Crippen molar-refractivity contribution in [3.05, 3.63) is 12.2 Å². The molecule has 3 N–H and O–H groups in total. The number of amides is 2. The average Bonchev–Trinajstić information content (AvgIpc) is 2.02. The number of hydrogen-bond donors (Lipinski definition) is 2. The highest BCUT2D eigenvalue weighted by molar-refractivity contribution is 6.04. The SMILES string of the molecule is C=C(C(=O)NC(=O)CN)C(C)C. The number of carbonyl (C=O) groups is 2. The van der Waals surface area contributed by atoms with Gasteiger partial charge in [0.05, 0.1) is 6.54 Å². The van der Waals surface area contributed by atoms with Crippen LogP contribution in [0.3, 0.4) is 0 Å². The van der Waals surface area contributed by atoms with Gasteiger partial charge in [-0.1, -0.05) is 20.4 Å². The van der Waals surface area contributed by atoms with Crippen LogP contribution in [0.15, 0.2) is 12.2 Å². The van der Waals surface area contributed by atoms with Crippen LogP contribution in [0.25, 0.3) is 0 Å². The fraction of sp³-hybridized carbons (Fsp3) is 0.500. The summed E-state index contributed by atoms with van der Waals surface area (Å²) in [6, 6.07) is 0. The van der Waals surface area contributed by atoms with Crippen LogP contribution in [0.4, 0.5) is 0 Å². The Bertz CT molecular complexity index is 209. The lowest BCUT2D eigenvalue weighted by molar-refractivity contribution is -0.127. The summed E-state index contributed by atoms with van der Waals surface area (Å²) < 4.78 is 0. The second kappa shape index (κ2) is 4.66. The number of hydrogen-bond acceptors (Lipinski definition) is 3. The van der Waals surface area contributed by atoms with Crippen LogP contribution in [0.5, 0.6) is 0 Å². The molecule has 0 heterocycles. The van der Waals surface area contributed by atoms with Crippen molar-refractivity contribution in [2.24, 2.45) is 11.7 Å². The highest BCUT2D eigenvalue weighted by Gasteiger charge is 2.12. The molecule has 0 fully saturated rings. The fourth-order valence-electron chi connectivity index (χ4n) is 0.520. The van der Waals surface area contributed by atoms with Crippen molar-refractivity contribution < 1.29 is 9.59 Å². The van der Waals surface area contributed by atoms with Gasteiger partial charge in [-0.05, 0) is 5.92 Å². The monoisotopic (exact) mass is 170 g/mol. The second-order valence-corrected chi connectivity index (χ2v) is 2.76. The van der Waals surface area contributed by atoms with E-state index in [1.807, 2.05) is 13.8 Å². The van der Waals surface area contributed by atoms with Crippen LogP contribution in [-0.2, 0) is 9.59 Å². The zero-order valence-corrected chi connectivity index (χ0v) is 7.39. The van der Waals surface area contributed by atoms with E-state index in [1.54, 1.807) is 0 Å². The Morgan fingerprint density at radius 1 is 1.50 bits per heavy atom. The van der Waals surface area contributed by atoms with Gasteiger partial charge in [-0.2, -0.15) is 0 Å². The largest absolute Gasteiger partial charge is 0.322 e. The summed E-state index contributed by atoms with van der Waals surface area (Å²) in [6.07, 6.45) is 0. The summed E-state index contributed by atoms with van der Waals surface area (Å²) >= 11 is 0. The van der Waals surface area contributed by atoms with Crippen LogP contribution in [0.1, 0.15) is 13.8 Å². The molecule has 0 aromatic rings. The van der Waals surface area contributed by atoms with Crippen molar-refractivity contribution >= 4 is 11.8 Å². The van der Waals surface area contributed by atoms with Gasteiger partial charge in [-0.3, -0.25) is 14.9 Å². The molecule has 0 aliphatic rings. The number of nitrogens with one attached hydrogen (secondary N) is 1. The van der Waals surface area contributed by atoms with Crippen molar-refractivity contribution in [2.45, 2.75) is 13.8 Å². The Morgan fingerprint density at radius 2 is 2.00 bits per heavy atom. The van der Waals surface area contributed by atoms with Crippen LogP contribution in [0, 0.1) is 5.92 Å². The molecule has 4 heteroatoms. The number of carbonyl (C=O) groups excluding carboxylic acids is 2. The summed E-state index contributed by atoms with van der Waals surface area (Å²) in [5.41, 5.74) is 5.39. The van der Waals surface area contributed by atoms with E-state index in [4.69, 9.17) is 5.73 Å². The van der Waals surface area contributed by atoms with Gasteiger partial charge in [0.2, 0.25) is 5.91 Å². The molecule has 0 bridgehead atoms. The van der Waals surface area contributed by atoms with Gasteiger partial charge in [0.15, 0.2) is 0 Å². The Balaban J connectivity index is 4.05. The number of rotatable bonds is 3. The van der Waals surface area contributed by atoms with E-state index in [2.05, 4.69) is 11.9 Å². The quantitative estimate of drug-likeness (QED) is 0.576. The molecule has 4 nitrogen and oxygen atoms in total. The minimum atomic E-state index is -0.484. The first-order valence-corrected chi connectivity index (χ1v) is 3.72. The summed E-state index contributed by atoms with van der Waals surface area (Å²) in [5.74, 6) is -0.891. The molecular formula is C8H14N2O2. The lowest BCUT2D eigenvalue weighted by atomic mass is 10.1. The fourth-order valence-corrected chi connectivity index (χ4v) is 0.520. The maximum Gasteiger partial charge on any atom is 0.253 e. The van der Waals surface area contributed by atoms with Gasteiger partial charge < -0.3 is 5.73 Å². The van der Waals surface area contributed by atoms with Crippen LogP contribution in [-0.4, -0.2) is 18.4 Å². The van der Waals surface area contributed by atoms with E-state index in [1.165, 1.54) is 0 Å². The smallest absolute Gasteiger partial charge is 0.253 e. The molecule has 0 spiro atoms. The lowest BCUT2D eigenvalue weighted by Crippen LogP contribution is -2.36. The zero-order valence-electron chi connectivity index (χ0n) is 7.39. The highest BCUT2D eigenvalue weighted by Crippen LogP contribution is 2.05. The second-order valence-electron chi connectivity index (χ2n) is 2.76. The zero-order chi connectivity index (χ0) is 9.72. The van der Waals surface area contributed by atoms with Gasteiger partial charge in [-0.25, -0.2) is 0 Å².